The number of ether oxygens (including phenoxy) is 2. The number of anilines is 1. The Bertz CT molecular complexity index is 1030. The Labute approximate surface area is 181 Å². The molecule has 6 nitrogen and oxygen atoms in total. The number of benzene rings is 2. The van der Waals surface area contributed by atoms with Crippen molar-refractivity contribution in [2.45, 2.75) is 26.9 Å². The van der Waals surface area contributed by atoms with Gasteiger partial charge < -0.3 is 14.4 Å². The van der Waals surface area contributed by atoms with Crippen LogP contribution in [0.2, 0.25) is 0 Å². The molecule has 7 heteroatoms. The van der Waals surface area contributed by atoms with Gasteiger partial charge in [0.25, 0.3) is 5.91 Å². The number of hydrogen-bond donors (Lipinski definition) is 0. The van der Waals surface area contributed by atoms with Crippen LogP contribution in [0, 0.1) is 6.92 Å². The van der Waals surface area contributed by atoms with E-state index in [-0.39, 0.29) is 12.5 Å². The summed E-state index contributed by atoms with van der Waals surface area (Å²) in [5.74, 6) is 1.16. The molecule has 1 amide bonds. The van der Waals surface area contributed by atoms with E-state index < -0.39 is 6.10 Å². The maximum Gasteiger partial charge on any atom is 0.273 e. The maximum atomic E-state index is 13.5. The van der Waals surface area contributed by atoms with Crippen molar-refractivity contribution >= 4 is 32.6 Å². The Balaban J connectivity index is 1.61. The van der Waals surface area contributed by atoms with Crippen LogP contribution < -0.4 is 14.4 Å². The van der Waals surface area contributed by atoms with Crippen molar-refractivity contribution in [3.8, 4) is 11.5 Å². The van der Waals surface area contributed by atoms with E-state index in [1.807, 2.05) is 36.4 Å². The molecule has 0 bridgehead atoms. The Kier molecular flexibility index (Phi) is 6.20. The second-order valence-corrected chi connectivity index (χ2v) is 8.36. The molecule has 1 aromatic heterocycles. The Hall–Kier alpha value is -2.64. The number of carbonyl (C=O) groups excluding carboxylic acids is 1. The van der Waals surface area contributed by atoms with Crippen molar-refractivity contribution < 1.29 is 14.3 Å². The van der Waals surface area contributed by atoms with Crippen LogP contribution in [0.1, 0.15) is 19.4 Å². The molecule has 0 saturated heterocycles. The average molecular weight is 426 g/mol. The zero-order chi connectivity index (χ0) is 21.1. The van der Waals surface area contributed by atoms with Crippen molar-refractivity contribution in [3.63, 3.8) is 0 Å². The molecule has 0 fully saturated rings. The first-order valence-corrected chi connectivity index (χ1v) is 11.2. The molecule has 1 unspecified atom stereocenters. The van der Waals surface area contributed by atoms with Crippen LogP contribution in [0.3, 0.4) is 0 Å². The van der Waals surface area contributed by atoms with Crippen molar-refractivity contribution in [2.24, 2.45) is 0 Å². The predicted molar refractivity (Wildman–Crippen MR) is 121 cm³/mol. The predicted octanol–water partition coefficient (Wildman–Crippen LogP) is 4.12. The largest absolute Gasteiger partial charge is 0.485 e. The average Bonchev–Trinajstić information content (AvgIpc) is 3.18. The van der Waals surface area contributed by atoms with Gasteiger partial charge in [-0.05, 0) is 49.8 Å². The third-order valence-corrected chi connectivity index (χ3v) is 6.39. The molecule has 2 heterocycles. The van der Waals surface area contributed by atoms with E-state index in [1.54, 1.807) is 16.2 Å². The lowest BCUT2D eigenvalue weighted by molar-refractivity contribution is -0.127. The standard InChI is InChI=1S/C23H27N3O3S/c1-4-25(5-2)12-13-26(23-24-17-11-10-16(3)14-21(17)30-23)22(27)20-15-28-18-8-6-7-9-19(18)29-20/h6-11,14,20H,4-5,12-13,15H2,1-3H3. The topological polar surface area (TPSA) is 54.9 Å². The third kappa shape index (κ3) is 4.27. The Morgan fingerprint density at radius 2 is 1.90 bits per heavy atom. The number of hydrogen-bond acceptors (Lipinski definition) is 6. The van der Waals surface area contributed by atoms with Crippen LogP contribution >= 0.6 is 11.3 Å². The van der Waals surface area contributed by atoms with E-state index in [0.717, 1.165) is 29.9 Å². The zero-order valence-corrected chi connectivity index (χ0v) is 18.4. The molecule has 0 N–H and O–H groups in total. The number of rotatable bonds is 7. The van der Waals surface area contributed by atoms with Crippen LogP contribution in [0.4, 0.5) is 5.13 Å². The van der Waals surface area contributed by atoms with E-state index in [1.165, 1.54) is 5.56 Å². The van der Waals surface area contributed by atoms with Gasteiger partial charge in [0.2, 0.25) is 6.10 Å². The van der Waals surface area contributed by atoms with Gasteiger partial charge in [-0.15, -0.1) is 0 Å². The van der Waals surface area contributed by atoms with E-state index in [9.17, 15) is 4.79 Å². The fraction of sp³-hybridized carbons (Fsp3) is 0.391. The summed E-state index contributed by atoms with van der Waals surface area (Å²) >= 11 is 1.54. The summed E-state index contributed by atoms with van der Waals surface area (Å²) < 4.78 is 12.9. The molecule has 3 aromatic rings. The molecule has 0 radical (unpaired) electrons. The molecule has 158 valence electrons. The lowest BCUT2D eigenvalue weighted by Gasteiger charge is -2.30. The van der Waals surface area contributed by atoms with Crippen molar-refractivity contribution in [1.29, 1.82) is 0 Å². The molecule has 30 heavy (non-hydrogen) atoms. The van der Waals surface area contributed by atoms with Crippen LogP contribution in [0.5, 0.6) is 11.5 Å². The lowest BCUT2D eigenvalue weighted by Crippen LogP contribution is -2.48. The molecule has 4 rings (SSSR count). The van der Waals surface area contributed by atoms with E-state index in [0.29, 0.717) is 23.2 Å². The highest BCUT2D eigenvalue weighted by molar-refractivity contribution is 7.22. The quantitative estimate of drug-likeness (QED) is 0.570. The molecule has 1 atom stereocenters. The summed E-state index contributed by atoms with van der Waals surface area (Å²) in [5.41, 5.74) is 2.09. The summed E-state index contributed by atoms with van der Waals surface area (Å²) in [7, 11) is 0. The number of carbonyl (C=O) groups is 1. The first-order valence-electron chi connectivity index (χ1n) is 10.4. The van der Waals surface area contributed by atoms with Gasteiger partial charge in [-0.1, -0.05) is 43.4 Å². The normalized spacial score (nSPS) is 15.5. The Morgan fingerprint density at radius 3 is 2.67 bits per heavy atom. The highest BCUT2D eigenvalue weighted by Gasteiger charge is 2.33. The summed E-state index contributed by atoms with van der Waals surface area (Å²) in [5, 5.41) is 0.704. The van der Waals surface area contributed by atoms with Gasteiger partial charge in [0.05, 0.1) is 10.2 Å². The van der Waals surface area contributed by atoms with Crippen LogP contribution in [-0.2, 0) is 4.79 Å². The summed E-state index contributed by atoms with van der Waals surface area (Å²) in [4.78, 5) is 22.3. The van der Waals surface area contributed by atoms with Gasteiger partial charge >= 0.3 is 0 Å². The number of likely N-dealkylation sites (N-methyl/N-ethyl adjacent to an activating group) is 1. The molecule has 0 aliphatic carbocycles. The zero-order valence-electron chi connectivity index (χ0n) is 17.6. The number of amides is 1. The summed E-state index contributed by atoms with van der Waals surface area (Å²) in [6.45, 7) is 9.73. The molecule has 2 aromatic carbocycles. The molecule has 1 aliphatic rings. The SMILES string of the molecule is CCN(CC)CCN(C(=O)C1COc2ccccc2O1)c1nc2ccc(C)cc2s1. The highest BCUT2D eigenvalue weighted by Crippen LogP contribution is 2.33. The fourth-order valence-corrected chi connectivity index (χ4v) is 4.63. The summed E-state index contributed by atoms with van der Waals surface area (Å²) in [6.07, 6.45) is -0.689. The molecular formula is C23H27N3O3S. The first-order chi connectivity index (χ1) is 14.6. The van der Waals surface area contributed by atoms with E-state index in [4.69, 9.17) is 14.5 Å². The highest BCUT2D eigenvalue weighted by atomic mass is 32.1. The van der Waals surface area contributed by atoms with Gasteiger partial charge in [0.1, 0.15) is 6.61 Å². The van der Waals surface area contributed by atoms with Crippen LogP contribution in [0.15, 0.2) is 42.5 Å². The monoisotopic (exact) mass is 425 g/mol. The summed E-state index contributed by atoms with van der Waals surface area (Å²) in [6, 6.07) is 13.6. The Morgan fingerprint density at radius 1 is 1.13 bits per heavy atom. The van der Waals surface area contributed by atoms with Gasteiger partial charge in [-0.3, -0.25) is 9.69 Å². The van der Waals surface area contributed by atoms with Crippen LogP contribution in [0.25, 0.3) is 10.2 Å². The van der Waals surface area contributed by atoms with Gasteiger partial charge in [-0.25, -0.2) is 4.98 Å². The number of aromatic nitrogens is 1. The lowest BCUT2D eigenvalue weighted by atomic mass is 10.2. The fourth-order valence-electron chi connectivity index (χ4n) is 3.53. The number of fused-ring (bicyclic) bond motifs is 2. The minimum Gasteiger partial charge on any atom is -0.485 e. The molecule has 1 aliphatic heterocycles. The van der Waals surface area contributed by atoms with Gasteiger partial charge in [0.15, 0.2) is 16.6 Å². The third-order valence-electron chi connectivity index (χ3n) is 5.35. The van der Waals surface area contributed by atoms with Gasteiger partial charge in [-0.2, -0.15) is 0 Å². The minimum absolute atomic E-state index is 0.118. The molecule has 0 saturated carbocycles. The van der Waals surface area contributed by atoms with Crippen molar-refractivity contribution in [3.05, 3.63) is 48.0 Å². The van der Waals surface area contributed by atoms with Crippen molar-refractivity contribution in [2.75, 3.05) is 37.7 Å². The molecular weight excluding hydrogens is 398 g/mol. The minimum atomic E-state index is -0.689. The molecule has 0 spiro atoms. The second-order valence-electron chi connectivity index (χ2n) is 7.35. The van der Waals surface area contributed by atoms with E-state index >= 15 is 0 Å². The number of nitrogens with zero attached hydrogens (tertiary/aromatic N) is 3. The van der Waals surface area contributed by atoms with Gasteiger partial charge in [0, 0.05) is 13.1 Å². The number of aryl methyl sites for hydroxylation is 1. The first kappa shape index (κ1) is 20.6. The second kappa shape index (κ2) is 9.02. The maximum absolute atomic E-state index is 13.5. The van der Waals surface area contributed by atoms with E-state index in [2.05, 4.69) is 31.7 Å². The smallest absolute Gasteiger partial charge is 0.273 e. The van der Waals surface area contributed by atoms with Crippen molar-refractivity contribution in [1.82, 2.24) is 9.88 Å². The number of para-hydroxylation sites is 2. The van der Waals surface area contributed by atoms with Crippen LogP contribution in [-0.4, -0.2) is 54.7 Å². The number of thiazole rings is 1.